The molecule has 2 aliphatic rings. The molecule has 1 fully saturated rings. The van der Waals surface area contributed by atoms with Gasteiger partial charge in [0.2, 0.25) is 0 Å². The van der Waals surface area contributed by atoms with Crippen LogP contribution >= 0.6 is 0 Å². The molecule has 1 aromatic heterocycles. The second-order valence-electron chi connectivity index (χ2n) is 5.76. The highest BCUT2D eigenvalue weighted by Gasteiger charge is 2.49. The Morgan fingerprint density at radius 1 is 1.48 bits per heavy atom. The summed E-state index contributed by atoms with van der Waals surface area (Å²) < 4.78 is 12.3. The van der Waals surface area contributed by atoms with Crippen molar-refractivity contribution in [3.8, 4) is 0 Å². The van der Waals surface area contributed by atoms with E-state index in [2.05, 4.69) is 4.98 Å². The summed E-state index contributed by atoms with van der Waals surface area (Å²) in [4.78, 5) is 19.6. The number of aliphatic hydroxyl groups is 2. The number of hydrogen-bond acceptors (Lipinski definition) is 9. The van der Waals surface area contributed by atoms with Gasteiger partial charge >= 0.3 is 5.69 Å². The molecule has 0 aliphatic carbocycles. The molecule has 10 heteroatoms. The standard InChI is InChI=1S/C13H21N5O5/c1-16-5-18(11-7(16)10(14)17(2)13(21)15-11)12-9(22-3)8(20)6(4-19)23-12/h6,8-9,12,19-20H,4-5,14H2,1-3H3/t6-,8-,9-,12-/m1/s1. The molecule has 0 aromatic carbocycles. The Hall–Kier alpha value is -1.88. The van der Waals surface area contributed by atoms with E-state index in [9.17, 15) is 15.0 Å². The van der Waals surface area contributed by atoms with Gasteiger partial charge in [0.25, 0.3) is 0 Å². The summed E-state index contributed by atoms with van der Waals surface area (Å²) in [7, 11) is 4.82. The highest BCUT2D eigenvalue weighted by molar-refractivity contribution is 5.81. The van der Waals surface area contributed by atoms with Crippen molar-refractivity contribution in [2.45, 2.75) is 24.5 Å². The summed E-state index contributed by atoms with van der Waals surface area (Å²) in [5, 5.41) is 19.5. The molecule has 23 heavy (non-hydrogen) atoms. The molecule has 1 aromatic rings. The van der Waals surface area contributed by atoms with Crippen molar-refractivity contribution in [1.82, 2.24) is 9.55 Å². The number of anilines is 3. The van der Waals surface area contributed by atoms with E-state index in [0.717, 1.165) is 0 Å². The number of methoxy groups -OCH3 is 1. The predicted molar refractivity (Wildman–Crippen MR) is 82.2 cm³/mol. The Balaban J connectivity index is 2.03. The van der Waals surface area contributed by atoms with E-state index in [0.29, 0.717) is 24.0 Å². The molecule has 10 nitrogen and oxygen atoms in total. The Morgan fingerprint density at radius 2 is 2.17 bits per heavy atom. The highest BCUT2D eigenvalue weighted by Crippen LogP contribution is 2.40. The van der Waals surface area contributed by atoms with E-state index in [1.54, 1.807) is 11.9 Å². The second kappa shape index (κ2) is 5.64. The molecule has 4 atom stereocenters. The molecule has 0 saturated carbocycles. The van der Waals surface area contributed by atoms with Crippen LogP contribution in [0.5, 0.6) is 0 Å². The van der Waals surface area contributed by atoms with Crippen LogP contribution in [0.3, 0.4) is 0 Å². The Kier molecular flexibility index (Phi) is 3.92. The summed E-state index contributed by atoms with van der Waals surface area (Å²) in [5.41, 5.74) is 6.17. The molecule has 1 saturated heterocycles. The lowest BCUT2D eigenvalue weighted by atomic mass is 10.1. The number of nitrogens with two attached hydrogens (primary N) is 1. The van der Waals surface area contributed by atoms with Crippen molar-refractivity contribution in [2.75, 3.05) is 43.0 Å². The molecule has 0 amide bonds. The van der Waals surface area contributed by atoms with Crippen molar-refractivity contribution in [3.05, 3.63) is 10.5 Å². The summed E-state index contributed by atoms with van der Waals surface area (Å²) in [6, 6.07) is 0. The maximum atomic E-state index is 12.0. The molecule has 0 unspecified atom stereocenters. The Bertz CT molecular complexity index is 665. The van der Waals surface area contributed by atoms with E-state index in [4.69, 9.17) is 15.2 Å². The van der Waals surface area contributed by atoms with Gasteiger partial charge in [0.1, 0.15) is 29.8 Å². The molecular formula is C13H21N5O5. The fourth-order valence-corrected chi connectivity index (χ4v) is 3.10. The smallest absolute Gasteiger partial charge is 0.350 e. The maximum Gasteiger partial charge on any atom is 0.350 e. The average molecular weight is 327 g/mol. The van der Waals surface area contributed by atoms with Crippen LogP contribution in [0, 0.1) is 0 Å². The van der Waals surface area contributed by atoms with E-state index in [-0.39, 0.29) is 6.61 Å². The number of ether oxygens (including phenoxy) is 2. The quantitative estimate of drug-likeness (QED) is 0.560. The Morgan fingerprint density at radius 3 is 2.78 bits per heavy atom. The van der Waals surface area contributed by atoms with E-state index in [1.165, 1.54) is 11.7 Å². The van der Waals surface area contributed by atoms with Gasteiger partial charge in [0.05, 0.1) is 13.3 Å². The molecule has 0 bridgehead atoms. The number of hydrogen-bond donors (Lipinski definition) is 3. The van der Waals surface area contributed by atoms with Crippen LogP contribution in [0.4, 0.5) is 17.3 Å². The van der Waals surface area contributed by atoms with Gasteiger partial charge in [-0.05, 0) is 0 Å². The first-order valence-electron chi connectivity index (χ1n) is 7.22. The van der Waals surface area contributed by atoms with E-state index >= 15 is 0 Å². The SMILES string of the molecule is CO[C@@H]1[C@H](O)[C@@H](CO)O[C@H]1N1CN(C)c2c1nc(=O)n(C)c2N. The molecule has 0 radical (unpaired) electrons. The average Bonchev–Trinajstić information content (AvgIpc) is 3.01. The van der Waals surface area contributed by atoms with Crippen LogP contribution in [0.15, 0.2) is 4.79 Å². The van der Waals surface area contributed by atoms with Gasteiger partial charge in [0, 0.05) is 21.2 Å². The summed E-state index contributed by atoms with van der Waals surface area (Å²) in [6.07, 6.45) is -3.11. The highest BCUT2D eigenvalue weighted by atomic mass is 16.6. The van der Waals surface area contributed by atoms with E-state index < -0.39 is 30.2 Å². The van der Waals surface area contributed by atoms with Crippen LogP contribution in [0.25, 0.3) is 0 Å². The molecule has 128 valence electrons. The van der Waals surface area contributed by atoms with Crippen molar-refractivity contribution in [2.24, 2.45) is 7.05 Å². The number of nitrogens with zero attached hydrogens (tertiary/aromatic N) is 4. The number of rotatable bonds is 3. The second-order valence-corrected chi connectivity index (χ2v) is 5.76. The summed E-state index contributed by atoms with van der Waals surface area (Å²) >= 11 is 0. The molecule has 3 rings (SSSR count). The third-order valence-electron chi connectivity index (χ3n) is 4.39. The van der Waals surface area contributed by atoms with Gasteiger partial charge in [-0.1, -0.05) is 0 Å². The van der Waals surface area contributed by atoms with Crippen LogP contribution in [0.2, 0.25) is 0 Å². The maximum absolute atomic E-state index is 12.0. The first kappa shape index (κ1) is 16.0. The van der Waals surface area contributed by atoms with Gasteiger partial charge in [0.15, 0.2) is 12.0 Å². The molecule has 3 heterocycles. The van der Waals surface area contributed by atoms with Crippen molar-refractivity contribution in [1.29, 1.82) is 0 Å². The van der Waals surface area contributed by atoms with Crippen LogP contribution in [-0.2, 0) is 16.5 Å². The van der Waals surface area contributed by atoms with Crippen molar-refractivity contribution < 1.29 is 19.7 Å². The number of fused-ring (bicyclic) bond motifs is 1. The fourth-order valence-electron chi connectivity index (χ4n) is 3.10. The zero-order valence-corrected chi connectivity index (χ0v) is 13.2. The lowest BCUT2D eigenvalue weighted by molar-refractivity contribution is -0.0226. The number of aromatic nitrogens is 2. The van der Waals surface area contributed by atoms with Crippen molar-refractivity contribution >= 4 is 17.3 Å². The monoisotopic (exact) mass is 327 g/mol. The molecule has 2 aliphatic heterocycles. The zero-order valence-electron chi connectivity index (χ0n) is 13.2. The summed E-state index contributed by atoms with van der Waals surface area (Å²) in [6.45, 7) is 0.0333. The number of aliphatic hydroxyl groups excluding tert-OH is 2. The van der Waals surface area contributed by atoms with Gasteiger partial charge < -0.3 is 35.2 Å². The van der Waals surface area contributed by atoms with E-state index in [1.807, 2.05) is 11.9 Å². The fraction of sp³-hybridized carbons (Fsp3) is 0.692. The Labute approximate surface area is 132 Å². The predicted octanol–water partition coefficient (Wildman–Crippen LogP) is -2.33. The topological polar surface area (TPSA) is 126 Å². The normalized spacial score (nSPS) is 30.1. The molecular weight excluding hydrogens is 306 g/mol. The minimum Gasteiger partial charge on any atom is -0.394 e. The third kappa shape index (κ3) is 2.26. The molecule has 4 N–H and O–H groups in total. The van der Waals surface area contributed by atoms with Gasteiger partial charge in [-0.15, -0.1) is 0 Å². The van der Waals surface area contributed by atoms with Crippen LogP contribution < -0.4 is 21.2 Å². The van der Waals surface area contributed by atoms with Crippen LogP contribution in [0.1, 0.15) is 0 Å². The first-order chi connectivity index (χ1) is 10.9. The number of nitrogen functional groups attached to an aromatic ring is 1. The largest absolute Gasteiger partial charge is 0.394 e. The zero-order chi connectivity index (χ0) is 16.9. The van der Waals surface area contributed by atoms with Gasteiger partial charge in [-0.25, -0.2) is 4.79 Å². The minimum atomic E-state index is -0.978. The van der Waals surface area contributed by atoms with Crippen LogP contribution in [-0.4, -0.2) is 71.7 Å². The molecule has 0 spiro atoms. The summed E-state index contributed by atoms with van der Waals surface area (Å²) in [5.74, 6) is 0.683. The third-order valence-corrected chi connectivity index (χ3v) is 4.39. The minimum absolute atomic E-state index is 0.302. The van der Waals surface area contributed by atoms with Gasteiger partial charge in [-0.3, -0.25) is 4.57 Å². The van der Waals surface area contributed by atoms with Gasteiger partial charge in [-0.2, -0.15) is 4.98 Å². The lowest BCUT2D eigenvalue weighted by Gasteiger charge is -2.29. The lowest BCUT2D eigenvalue weighted by Crippen LogP contribution is -2.46. The first-order valence-corrected chi connectivity index (χ1v) is 7.22. The van der Waals surface area contributed by atoms with Crippen molar-refractivity contribution in [3.63, 3.8) is 0 Å².